The summed E-state index contributed by atoms with van der Waals surface area (Å²) in [6.45, 7) is 4.73. The molecule has 1 N–H and O–H groups in total. The Labute approximate surface area is 134 Å². The number of pyridine rings is 1. The van der Waals surface area contributed by atoms with E-state index in [2.05, 4.69) is 36.3 Å². The summed E-state index contributed by atoms with van der Waals surface area (Å²) in [4.78, 5) is 15.9. The second kappa shape index (κ2) is 6.92. The highest BCUT2D eigenvalue weighted by molar-refractivity contribution is 6.35. The van der Waals surface area contributed by atoms with Crippen LogP contribution in [0.15, 0.2) is 36.5 Å². The Balaban J connectivity index is 2.02. The molecule has 3 nitrogen and oxygen atoms in total. The SMILES string of the molecule is CC(C)c1ccc(CNC(=O)c2cc(Cl)ncc2Cl)cc1. The quantitative estimate of drug-likeness (QED) is 0.845. The fraction of sp³-hybridized carbons (Fsp3) is 0.250. The molecular formula is C16H16Cl2N2O. The highest BCUT2D eigenvalue weighted by Gasteiger charge is 2.11. The van der Waals surface area contributed by atoms with Crippen molar-refractivity contribution >= 4 is 29.1 Å². The lowest BCUT2D eigenvalue weighted by atomic mass is 10.0. The van der Waals surface area contributed by atoms with E-state index in [1.54, 1.807) is 0 Å². The zero-order valence-corrected chi connectivity index (χ0v) is 13.4. The summed E-state index contributed by atoms with van der Waals surface area (Å²) in [6, 6.07) is 9.62. The van der Waals surface area contributed by atoms with E-state index in [1.807, 2.05) is 12.1 Å². The van der Waals surface area contributed by atoms with Crippen molar-refractivity contribution in [3.63, 3.8) is 0 Å². The molecule has 1 aromatic heterocycles. The van der Waals surface area contributed by atoms with Gasteiger partial charge in [0.15, 0.2) is 0 Å². The third-order valence-electron chi connectivity index (χ3n) is 3.17. The first kappa shape index (κ1) is 15.8. The number of amides is 1. The number of hydrogen-bond donors (Lipinski definition) is 1. The van der Waals surface area contributed by atoms with Gasteiger partial charge in [0.25, 0.3) is 5.91 Å². The molecule has 0 radical (unpaired) electrons. The van der Waals surface area contributed by atoms with Crippen molar-refractivity contribution in [1.29, 1.82) is 0 Å². The van der Waals surface area contributed by atoms with Crippen molar-refractivity contribution in [3.05, 3.63) is 63.4 Å². The first-order valence-electron chi connectivity index (χ1n) is 6.65. The number of carbonyl (C=O) groups excluding carboxylic acids is 1. The van der Waals surface area contributed by atoms with Crippen LogP contribution in [0, 0.1) is 0 Å². The summed E-state index contributed by atoms with van der Waals surface area (Å²) >= 11 is 11.7. The van der Waals surface area contributed by atoms with Crippen LogP contribution in [0.1, 0.15) is 41.3 Å². The lowest BCUT2D eigenvalue weighted by Gasteiger charge is -2.09. The summed E-state index contributed by atoms with van der Waals surface area (Å²) in [7, 11) is 0. The minimum absolute atomic E-state index is 0.242. The summed E-state index contributed by atoms with van der Waals surface area (Å²) in [5.41, 5.74) is 2.63. The van der Waals surface area contributed by atoms with E-state index in [-0.39, 0.29) is 16.1 Å². The van der Waals surface area contributed by atoms with Crippen LogP contribution in [-0.2, 0) is 6.54 Å². The highest BCUT2D eigenvalue weighted by Crippen LogP contribution is 2.18. The van der Waals surface area contributed by atoms with Gasteiger partial charge >= 0.3 is 0 Å². The van der Waals surface area contributed by atoms with Crippen molar-refractivity contribution in [2.75, 3.05) is 0 Å². The van der Waals surface area contributed by atoms with Crippen LogP contribution in [0.2, 0.25) is 10.2 Å². The Morgan fingerprint density at radius 3 is 2.52 bits per heavy atom. The van der Waals surface area contributed by atoms with E-state index in [0.717, 1.165) is 5.56 Å². The van der Waals surface area contributed by atoms with E-state index >= 15 is 0 Å². The molecule has 1 aromatic carbocycles. The van der Waals surface area contributed by atoms with Gasteiger partial charge < -0.3 is 5.32 Å². The van der Waals surface area contributed by atoms with Crippen LogP contribution in [0.4, 0.5) is 0 Å². The fourth-order valence-electron chi connectivity index (χ4n) is 1.89. The first-order chi connectivity index (χ1) is 9.97. The number of carbonyl (C=O) groups is 1. The summed E-state index contributed by atoms with van der Waals surface area (Å²) < 4.78 is 0. The topological polar surface area (TPSA) is 42.0 Å². The summed E-state index contributed by atoms with van der Waals surface area (Å²) in [6.07, 6.45) is 1.37. The van der Waals surface area contributed by atoms with Gasteiger partial charge in [-0.3, -0.25) is 4.79 Å². The lowest BCUT2D eigenvalue weighted by molar-refractivity contribution is 0.0951. The highest BCUT2D eigenvalue weighted by atomic mass is 35.5. The van der Waals surface area contributed by atoms with E-state index in [0.29, 0.717) is 18.0 Å². The standard InChI is InChI=1S/C16H16Cl2N2O/c1-10(2)12-5-3-11(4-6-12)8-20-16(21)13-7-15(18)19-9-14(13)17/h3-7,9-10H,8H2,1-2H3,(H,20,21). The van der Waals surface area contributed by atoms with Crippen molar-refractivity contribution in [1.82, 2.24) is 10.3 Å². The Morgan fingerprint density at radius 2 is 1.90 bits per heavy atom. The smallest absolute Gasteiger partial charge is 0.253 e. The van der Waals surface area contributed by atoms with Gasteiger partial charge in [-0.15, -0.1) is 0 Å². The molecule has 0 saturated carbocycles. The molecular weight excluding hydrogens is 307 g/mol. The lowest BCUT2D eigenvalue weighted by Crippen LogP contribution is -2.23. The van der Waals surface area contributed by atoms with Gasteiger partial charge in [-0.05, 0) is 23.1 Å². The number of aromatic nitrogens is 1. The number of nitrogens with one attached hydrogen (secondary N) is 1. The Kier molecular flexibility index (Phi) is 5.21. The largest absolute Gasteiger partial charge is 0.348 e. The Bertz CT molecular complexity index is 639. The van der Waals surface area contributed by atoms with E-state index in [1.165, 1.54) is 17.8 Å². The van der Waals surface area contributed by atoms with Crippen molar-refractivity contribution in [3.8, 4) is 0 Å². The molecule has 0 bridgehead atoms. The first-order valence-corrected chi connectivity index (χ1v) is 7.41. The van der Waals surface area contributed by atoms with Crippen LogP contribution in [0.25, 0.3) is 0 Å². The third-order valence-corrected chi connectivity index (χ3v) is 3.67. The minimum Gasteiger partial charge on any atom is -0.348 e. The van der Waals surface area contributed by atoms with Crippen LogP contribution in [0.3, 0.4) is 0 Å². The Morgan fingerprint density at radius 1 is 1.24 bits per heavy atom. The van der Waals surface area contributed by atoms with E-state index in [4.69, 9.17) is 23.2 Å². The van der Waals surface area contributed by atoms with Crippen LogP contribution in [0.5, 0.6) is 0 Å². The predicted molar refractivity (Wildman–Crippen MR) is 86.0 cm³/mol. The van der Waals surface area contributed by atoms with Gasteiger partial charge in [0, 0.05) is 12.7 Å². The number of benzene rings is 1. The molecule has 0 aliphatic carbocycles. The number of nitrogens with zero attached hydrogens (tertiary/aromatic N) is 1. The fourth-order valence-corrected chi connectivity index (χ4v) is 2.23. The molecule has 0 spiro atoms. The van der Waals surface area contributed by atoms with Gasteiger partial charge in [0.2, 0.25) is 0 Å². The minimum atomic E-state index is -0.266. The number of halogens is 2. The summed E-state index contributed by atoms with van der Waals surface area (Å²) in [5, 5.41) is 3.35. The molecule has 5 heteroatoms. The van der Waals surface area contributed by atoms with Crippen molar-refractivity contribution < 1.29 is 4.79 Å². The molecule has 2 aromatic rings. The second-order valence-electron chi connectivity index (χ2n) is 5.07. The van der Waals surface area contributed by atoms with Crippen LogP contribution in [-0.4, -0.2) is 10.9 Å². The molecule has 0 aliphatic heterocycles. The van der Waals surface area contributed by atoms with Gasteiger partial charge in [-0.1, -0.05) is 61.3 Å². The van der Waals surface area contributed by atoms with Gasteiger partial charge in [-0.25, -0.2) is 4.98 Å². The molecule has 0 atom stereocenters. The molecule has 2 rings (SSSR count). The molecule has 0 saturated heterocycles. The second-order valence-corrected chi connectivity index (χ2v) is 5.86. The van der Waals surface area contributed by atoms with Crippen LogP contribution < -0.4 is 5.32 Å². The molecule has 21 heavy (non-hydrogen) atoms. The van der Waals surface area contributed by atoms with Crippen LogP contribution >= 0.6 is 23.2 Å². The maximum absolute atomic E-state index is 12.1. The number of rotatable bonds is 4. The molecule has 1 heterocycles. The molecule has 0 unspecified atom stereocenters. The third kappa shape index (κ3) is 4.19. The average Bonchev–Trinajstić information content (AvgIpc) is 2.47. The van der Waals surface area contributed by atoms with Crippen molar-refractivity contribution in [2.45, 2.75) is 26.3 Å². The molecule has 0 fully saturated rings. The molecule has 0 aliphatic rings. The maximum atomic E-state index is 12.1. The maximum Gasteiger partial charge on any atom is 0.253 e. The average molecular weight is 323 g/mol. The Hall–Kier alpha value is -1.58. The monoisotopic (exact) mass is 322 g/mol. The van der Waals surface area contributed by atoms with E-state index in [9.17, 15) is 4.79 Å². The zero-order valence-electron chi connectivity index (χ0n) is 11.9. The normalized spacial score (nSPS) is 10.7. The van der Waals surface area contributed by atoms with Gasteiger partial charge in [0.05, 0.1) is 10.6 Å². The predicted octanol–water partition coefficient (Wildman–Crippen LogP) is 4.44. The number of hydrogen-bond acceptors (Lipinski definition) is 2. The van der Waals surface area contributed by atoms with Crippen molar-refractivity contribution in [2.24, 2.45) is 0 Å². The van der Waals surface area contributed by atoms with Gasteiger partial charge in [0.1, 0.15) is 5.15 Å². The summed E-state index contributed by atoms with van der Waals surface area (Å²) in [5.74, 6) is 0.226. The van der Waals surface area contributed by atoms with Gasteiger partial charge in [-0.2, -0.15) is 0 Å². The zero-order chi connectivity index (χ0) is 15.4. The molecule has 110 valence electrons. The molecule has 1 amide bonds. The van der Waals surface area contributed by atoms with E-state index < -0.39 is 0 Å².